The molecule has 0 spiro atoms. The van der Waals surface area contributed by atoms with Crippen molar-refractivity contribution < 1.29 is 0 Å². The lowest BCUT2D eigenvalue weighted by Gasteiger charge is -2.29. The molecule has 2 N–H and O–H groups in total. The number of benzene rings is 4. The van der Waals surface area contributed by atoms with Gasteiger partial charge in [-0.2, -0.15) is 15.0 Å². The fourth-order valence-electron chi connectivity index (χ4n) is 7.94. The molecule has 0 bridgehead atoms. The summed E-state index contributed by atoms with van der Waals surface area (Å²) >= 11 is 3.18. The first kappa shape index (κ1) is 39.5. The second-order valence-electron chi connectivity index (χ2n) is 16.4. The second kappa shape index (κ2) is 15.1. The average Bonchev–Trinajstić information content (AvgIpc) is 3.90. The zero-order valence-corrected chi connectivity index (χ0v) is 37.0. The molecule has 0 radical (unpaired) electrons. The monoisotopic (exact) mass is 816 g/mol. The molecule has 10 nitrogen and oxygen atoms in total. The third-order valence-electron chi connectivity index (χ3n) is 10.4. The van der Waals surface area contributed by atoms with Crippen LogP contribution < -0.4 is 20.7 Å². The van der Waals surface area contributed by atoms with E-state index in [1.54, 1.807) is 16.0 Å². The molecule has 59 heavy (non-hydrogen) atoms. The summed E-state index contributed by atoms with van der Waals surface area (Å²) in [5.41, 5.74) is 16.8. The number of aryl methyl sites for hydroxylation is 7. The van der Waals surface area contributed by atoms with Gasteiger partial charge in [-0.05, 0) is 107 Å². The quantitative estimate of drug-likeness (QED) is 0.138. The molecule has 0 aliphatic carbocycles. The van der Waals surface area contributed by atoms with Gasteiger partial charge in [0.2, 0.25) is 5.13 Å². The Balaban J connectivity index is 1.33. The molecule has 298 valence electrons. The second-order valence-corrected chi connectivity index (χ2v) is 18.4. The number of hydrogen-bond donors (Lipinski definition) is 2. The van der Waals surface area contributed by atoms with Crippen LogP contribution in [0.25, 0.3) is 25.6 Å². The van der Waals surface area contributed by atoms with Gasteiger partial charge in [0, 0.05) is 18.2 Å². The van der Waals surface area contributed by atoms with E-state index in [2.05, 4.69) is 146 Å². The van der Waals surface area contributed by atoms with Crippen LogP contribution in [0.3, 0.4) is 0 Å². The van der Waals surface area contributed by atoms with E-state index >= 15 is 0 Å². The van der Waals surface area contributed by atoms with E-state index < -0.39 is 5.41 Å². The highest BCUT2D eigenvalue weighted by Crippen LogP contribution is 2.45. The van der Waals surface area contributed by atoms with E-state index in [9.17, 15) is 5.26 Å². The standard InChI is InChI=1S/C47H48N10S2/c1-26-20-28(3)39(29(4)21-26)52-43-40(53-55(11)44-33(25-48)42(47(8,9)10)54-57(44)46-50-35-17-13-15-19-37(35)59-46)30(5)24-38(51-43)56(41-31(6)22-27(2)23-32(41)7)45-49-34-16-12-14-18-36(34)58-45/h12-24,53H,1-11H3,(H,51,52). The molecule has 0 saturated heterocycles. The molecule has 8 rings (SSSR count). The smallest absolute Gasteiger partial charge is 0.213 e. The van der Waals surface area contributed by atoms with Crippen LogP contribution in [0.1, 0.15) is 71.0 Å². The first-order valence-electron chi connectivity index (χ1n) is 19.6. The van der Waals surface area contributed by atoms with Gasteiger partial charge in [-0.25, -0.2) is 15.0 Å². The molecule has 4 aromatic carbocycles. The highest BCUT2D eigenvalue weighted by atomic mass is 32.1. The molecule has 0 fully saturated rings. The van der Waals surface area contributed by atoms with E-state index in [0.717, 1.165) is 76.3 Å². The molecule has 4 aromatic heterocycles. The third-order valence-corrected chi connectivity index (χ3v) is 12.5. The maximum absolute atomic E-state index is 10.8. The molecule has 8 aromatic rings. The van der Waals surface area contributed by atoms with Gasteiger partial charge in [0.15, 0.2) is 16.8 Å². The number of hydrogen-bond acceptors (Lipinski definition) is 11. The lowest BCUT2D eigenvalue weighted by molar-refractivity contribution is 0.559. The van der Waals surface area contributed by atoms with Crippen LogP contribution in [0.5, 0.6) is 0 Å². The fraction of sp³-hybridized carbons (Fsp3) is 0.255. The summed E-state index contributed by atoms with van der Waals surface area (Å²) in [7, 11) is 1.92. The number of hydrazine groups is 1. The fourth-order valence-corrected chi connectivity index (χ4v) is 9.84. The Kier molecular flexibility index (Phi) is 10.1. The van der Waals surface area contributed by atoms with Crippen LogP contribution in [0, 0.1) is 59.8 Å². The van der Waals surface area contributed by atoms with Crippen molar-refractivity contribution in [3.63, 3.8) is 0 Å². The van der Waals surface area contributed by atoms with Crippen molar-refractivity contribution in [3.8, 4) is 11.2 Å². The molecular weight excluding hydrogens is 769 g/mol. The van der Waals surface area contributed by atoms with E-state index in [1.807, 2.05) is 36.3 Å². The molecule has 12 heteroatoms. The van der Waals surface area contributed by atoms with Crippen molar-refractivity contribution in [2.24, 2.45) is 0 Å². The zero-order valence-electron chi connectivity index (χ0n) is 35.4. The van der Waals surface area contributed by atoms with Crippen LogP contribution >= 0.6 is 22.7 Å². The largest absolute Gasteiger partial charge is 0.338 e. The number of nitriles is 1. The van der Waals surface area contributed by atoms with Gasteiger partial charge in [0.25, 0.3) is 0 Å². The SMILES string of the molecule is Cc1cc(C)c(Nc2nc(N(c3nc4ccccc4s3)c3c(C)cc(C)cc3C)cc(C)c2NN(C)c2c(C#N)c(C(C)(C)C)nn2-c2nc3ccccc3s2)c(C)c1. The van der Waals surface area contributed by atoms with Crippen molar-refractivity contribution in [2.45, 2.75) is 74.7 Å². The van der Waals surface area contributed by atoms with Gasteiger partial charge in [-0.15, -0.1) is 0 Å². The van der Waals surface area contributed by atoms with E-state index in [-0.39, 0.29) is 0 Å². The van der Waals surface area contributed by atoms with E-state index in [0.29, 0.717) is 28.0 Å². The number of pyridine rings is 1. The first-order valence-corrected chi connectivity index (χ1v) is 21.2. The van der Waals surface area contributed by atoms with Crippen molar-refractivity contribution in [2.75, 3.05) is 27.7 Å². The highest BCUT2D eigenvalue weighted by molar-refractivity contribution is 7.22. The summed E-state index contributed by atoms with van der Waals surface area (Å²) in [6.07, 6.45) is 0. The highest BCUT2D eigenvalue weighted by Gasteiger charge is 2.32. The molecule has 0 aliphatic rings. The van der Waals surface area contributed by atoms with Crippen LogP contribution in [-0.2, 0) is 5.41 Å². The summed E-state index contributed by atoms with van der Waals surface area (Å²) in [6.45, 7) is 21.1. The number of para-hydroxylation sites is 2. The number of nitrogens with zero attached hydrogens (tertiary/aromatic N) is 8. The van der Waals surface area contributed by atoms with Crippen LogP contribution in [-0.4, -0.2) is 31.8 Å². The number of nitrogens with one attached hydrogen (secondary N) is 2. The number of rotatable bonds is 9. The van der Waals surface area contributed by atoms with Gasteiger partial charge in [-0.1, -0.05) is 103 Å². The topological polar surface area (TPSA) is 111 Å². The number of thiazole rings is 2. The van der Waals surface area contributed by atoms with Gasteiger partial charge in [0.1, 0.15) is 23.1 Å². The van der Waals surface area contributed by atoms with E-state index in [1.165, 1.54) is 22.5 Å². The summed E-state index contributed by atoms with van der Waals surface area (Å²) in [4.78, 5) is 17.8. The molecule has 0 saturated carbocycles. The lowest BCUT2D eigenvalue weighted by atomic mass is 9.89. The normalized spacial score (nSPS) is 11.6. The number of fused-ring (bicyclic) bond motifs is 2. The summed E-state index contributed by atoms with van der Waals surface area (Å²) in [5.74, 6) is 1.92. The first-order chi connectivity index (χ1) is 28.1. The van der Waals surface area contributed by atoms with Crippen molar-refractivity contribution in [3.05, 3.63) is 129 Å². The van der Waals surface area contributed by atoms with Gasteiger partial charge in [0.05, 0.1) is 31.8 Å². The molecule has 4 heterocycles. The van der Waals surface area contributed by atoms with Gasteiger partial charge in [-0.3, -0.25) is 15.3 Å². The Labute approximate surface area is 353 Å². The Hall–Kier alpha value is -6.29. The van der Waals surface area contributed by atoms with Crippen LogP contribution in [0.4, 0.5) is 39.6 Å². The minimum atomic E-state index is -0.411. The Bertz CT molecular complexity index is 2850. The maximum atomic E-state index is 10.8. The van der Waals surface area contributed by atoms with Crippen molar-refractivity contribution in [1.29, 1.82) is 5.26 Å². The average molecular weight is 817 g/mol. The third kappa shape index (κ3) is 7.37. The molecular formula is C47H48N10S2. The summed E-state index contributed by atoms with van der Waals surface area (Å²) in [6, 6.07) is 29.7. The van der Waals surface area contributed by atoms with Crippen molar-refractivity contribution >= 4 is 82.8 Å². The predicted octanol–water partition coefficient (Wildman–Crippen LogP) is 12.5. The summed E-state index contributed by atoms with van der Waals surface area (Å²) < 4.78 is 3.94. The molecule has 0 aliphatic heterocycles. The van der Waals surface area contributed by atoms with Crippen LogP contribution in [0.2, 0.25) is 0 Å². The van der Waals surface area contributed by atoms with Crippen molar-refractivity contribution in [1.82, 2.24) is 24.7 Å². The maximum Gasteiger partial charge on any atom is 0.213 e. The predicted molar refractivity (Wildman–Crippen MR) is 247 cm³/mol. The minimum absolute atomic E-state index is 0.411. The molecule has 0 atom stereocenters. The number of aromatic nitrogens is 5. The Morgan fingerprint density at radius 1 is 0.695 bits per heavy atom. The molecule has 0 unspecified atom stereocenters. The molecule has 0 amide bonds. The number of anilines is 7. The van der Waals surface area contributed by atoms with Gasteiger partial charge >= 0.3 is 0 Å². The Morgan fingerprint density at radius 3 is 1.83 bits per heavy atom. The Morgan fingerprint density at radius 2 is 1.25 bits per heavy atom. The summed E-state index contributed by atoms with van der Waals surface area (Å²) in [5, 5.41) is 23.0. The zero-order chi connectivity index (χ0) is 41.9. The van der Waals surface area contributed by atoms with E-state index in [4.69, 9.17) is 20.1 Å². The van der Waals surface area contributed by atoms with Gasteiger partial charge < -0.3 is 5.32 Å². The lowest BCUT2D eigenvalue weighted by Crippen LogP contribution is -2.29. The van der Waals surface area contributed by atoms with Crippen LogP contribution in [0.15, 0.2) is 78.9 Å². The minimum Gasteiger partial charge on any atom is -0.338 e.